The molecule has 0 aromatic carbocycles. The summed E-state index contributed by atoms with van der Waals surface area (Å²) in [5.41, 5.74) is 0. The number of nitrogens with zero attached hydrogens (tertiary/aromatic N) is 1. The highest BCUT2D eigenvalue weighted by Crippen LogP contribution is 2.33. The SMILES string of the molecule is CC1CC1NC1CCN2CCC1C2. The van der Waals surface area contributed by atoms with Gasteiger partial charge in [0.1, 0.15) is 0 Å². The van der Waals surface area contributed by atoms with E-state index >= 15 is 0 Å². The van der Waals surface area contributed by atoms with Crippen LogP contribution in [0.2, 0.25) is 0 Å². The van der Waals surface area contributed by atoms with Gasteiger partial charge in [-0.2, -0.15) is 0 Å². The Labute approximate surface area is 80.7 Å². The molecule has 2 aliphatic heterocycles. The second-order valence-corrected chi connectivity index (χ2v) is 5.23. The summed E-state index contributed by atoms with van der Waals surface area (Å²) >= 11 is 0. The molecule has 3 rings (SSSR count). The van der Waals surface area contributed by atoms with E-state index in [9.17, 15) is 0 Å². The Morgan fingerprint density at radius 2 is 1.92 bits per heavy atom. The lowest BCUT2D eigenvalue weighted by molar-refractivity contribution is 0.219. The van der Waals surface area contributed by atoms with E-state index < -0.39 is 0 Å². The highest BCUT2D eigenvalue weighted by Gasteiger charge is 2.39. The predicted molar refractivity (Wildman–Crippen MR) is 53.7 cm³/mol. The summed E-state index contributed by atoms with van der Waals surface area (Å²) in [6, 6.07) is 1.73. The second-order valence-electron chi connectivity index (χ2n) is 5.23. The summed E-state index contributed by atoms with van der Waals surface area (Å²) in [4.78, 5) is 2.62. The van der Waals surface area contributed by atoms with E-state index in [1.807, 2.05) is 0 Å². The molecular formula is C11H20N2. The van der Waals surface area contributed by atoms with Gasteiger partial charge < -0.3 is 10.2 Å². The van der Waals surface area contributed by atoms with Gasteiger partial charge in [-0.15, -0.1) is 0 Å². The van der Waals surface area contributed by atoms with Gasteiger partial charge in [-0.05, 0) is 44.2 Å². The molecule has 74 valence electrons. The maximum atomic E-state index is 3.84. The van der Waals surface area contributed by atoms with Crippen LogP contribution >= 0.6 is 0 Å². The Balaban J connectivity index is 1.58. The van der Waals surface area contributed by atoms with Crippen LogP contribution in [0.5, 0.6) is 0 Å². The fraction of sp³-hybridized carbons (Fsp3) is 1.00. The molecule has 1 N–H and O–H groups in total. The van der Waals surface area contributed by atoms with Crippen molar-refractivity contribution in [1.29, 1.82) is 0 Å². The summed E-state index contributed by atoms with van der Waals surface area (Å²) in [6.07, 6.45) is 4.26. The third-order valence-corrected chi connectivity index (χ3v) is 4.17. The number of fused-ring (bicyclic) bond motifs is 2. The second kappa shape index (κ2) is 2.96. The average molecular weight is 180 g/mol. The first-order valence-electron chi connectivity index (χ1n) is 5.81. The minimum atomic E-state index is 0.855. The zero-order valence-electron chi connectivity index (χ0n) is 8.50. The topological polar surface area (TPSA) is 15.3 Å². The maximum absolute atomic E-state index is 3.84. The van der Waals surface area contributed by atoms with Gasteiger partial charge in [0.25, 0.3) is 0 Å². The van der Waals surface area contributed by atoms with Crippen LogP contribution < -0.4 is 5.32 Å². The highest BCUT2D eigenvalue weighted by molar-refractivity contribution is 4.97. The van der Waals surface area contributed by atoms with E-state index in [1.54, 1.807) is 0 Å². The first-order valence-corrected chi connectivity index (χ1v) is 5.81. The minimum absolute atomic E-state index is 0.855. The molecule has 2 nitrogen and oxygen atoms in total. The molecule has 2 bridgehead atoms. The van der Waals surface area contributed by atoms with Gasteiger partial charge in [-0.3, -0.25) is 0 Å². The third-order valence-electron chi connectivity index (χ3n) is 4.17. The van der Waals surface area contributed by atoms with Crippen LogP contribution in [0.15, 0.2) is 0 Å². The summed E-state index contributed by atoms with van der Waals surface area (Å²) in [5, 5.41) is 3.84. The summed E-state index contributed by atoms with van der Waals surface area (Å²) in [5.74, 6) is 1.93. The number of hydrogen-bond acceptors (Lipinski definition) is 2. The molecule has 2 heterocycles. The first-order chi connectivity index (χ1) is 6.33. The molecule has 2 heteroatoms. The quantitative estimate of drug-likeness (QED) is 0.684. The van der Waals surface area contributed by atoms with Crippen LogP contribution in [0, 0.1) is 11.8 Å². The first kappa shape index (κ1) is 8.25. The van der Waals surface area contributed by atoms with Gasteiger partial charge in [0.15, 0.2) is 0 Å². The molecule has 13 heavy (non-hydrogen) atoms. The fourth-order valence-electron chi connectivity index (χ4n) is 3.00. The standard InChI is InChI=1S/C11H20N2/c1-8-6-11(8)12-10-3-5-13-4-2-9(10)7-13/h8-12H,2-7H2,1H3. The molecule has 0 amide bonds. The Hall–Kier alpha value is -0.0800. The number of hydrogen-bond donors (Lipinski definition) is 1. The van der Waals surface area contributed by atoms with Gasteiger partial charge in [-0.25, -0.2) is 0 Å². The molecule has 1 saturated carbocycles. The van der Waals surface area contributed by atoms with Crippen molar-refractivity contribution in [3.8, 4) is 0 Å². The lowest BCUT2D eigenvalue weighted by atomic mass is 9.94. The van der Waals surface area contributed by atoms with Gasteiger partial charge >= 0.3 is 0 Å². The normalized spacial score (nSPS) is 53.8. The monoisotopic (exact) mass is 180 g/mol. The molecule has 3 aliphatic rings. The zero-order chi connectivity index (χ0) is 8.84. The van der Waals surface area contributed by atoms with Crippen LogP contribution in [0.1, 0.15) is 26.2 Å². The van der Waals surface area contributed by atoms with Crippen molar-refractivity contribution < 1.29 is 0 Å². The molecule has 2 saturated heterocycles. The van der Waals surface area contributed by atoms with E-state index in [1.165, 1.54) is 38.9 Å². The Morgan fingerprint density at radius 1 is 1.15 bits per heavy atom. The third kappa shape index (κ3) is 1.50. The molecule has 0 spiro atoms. The fourth-order valence-corrected chi connectivity index (χ4v) is 3.00. The van der Waals surface area contributed by atoms with Crippen LogP contribution in [-0.2, 0) is 0 Å². The highest BCUT2D eigenvalue weighted by atomic mass is 15.2. The van der Waals surface area contributed by atoms with E-state index in [-0.39, 0.29) is 0 Å². The van der Waals surface area contributed by atoms with E-state index in [4.69, 9.17) is 0 Å². The van der Waals surface area contributed by atoms with Gasteiger partial charge in [-0.1, -0.05) is 6.92 Å². The van der Waals surface area contributed by atoms with Crippen LogP contribution in [0.4, 0.5) is 0 Å². The lowest BCUT2D eigenvalue weighted by Crippen LogP contribution is -2.44. The Kier molecular flexibility index (Phi) is 1.88. The maximum Gasteiger partial charge on any atom is 0.0123 e. The van der Waals surface area contributed by atoms with Gasteiger partial charge in [0, 0.05) is 18.6 Å². The number of nitrogens with one attached hydrogen (secondary N) is 1. The van der Waals surface area contributed by atoms with Crippen molar-refractivity contribution in [2.45, 2.75) is 38.3 Å². The van der Waals surface area contributed by atoms with Crippen molar-refractivity contribution in [2.24, 2.45) is 11.8 Å². The van der Waals surface area contributed by atoms with Crippen molar-refractivity contribution in [2.75, 3.05) is 19.6 Å². The summed E-state index contributed by atoms with van der Waals surface area (Å²) in [6.45, 7) is 6.44. The molecule has 3 fully saturated rings. The van der Waals surface area contributed by atoms with E-state index in [2.05, 4.69) is 17.1 Å². The summed E-state index contributed by atoms with van der Waals surface area (Å²) < 4.78 is 0. The van der Waals surface area contributed by atoms with Crippen LogP contribution in [0.25, 0.3) is 0 Å². The lowest BCUT2D eigenvalue weighted by Gasteiger charge is -2.31. The molecule has 1 aliphatic carbocycles. The van der Waals surface area contributed by atoms with Crippen molar-refractivity contribution >= 4 is 0 Å². The van der Waals surface area contributed by atoms with Crippen molar-refractivity contribution in [3.63, 3.8) is 0 Å². The largest absolute Gasteiger partial charge is 0.311 e. The van der Waals surface area contributed by atoms with Crippen LogP contribution in [0.3, 0.4) is 0 Å². The zero-order valence-corrected chi connectivity index (χ0v) is 8.50. The van der Waals surface area contributed by atoms with Crippen LogP contribution in [-0.4, -0.2) is 36.6 Å². The van der Waals surface area contributed by atoms with Crippen molar-refractivity contribution in [1.82, 2.24) is 10.2 Å². The van der Waals surface area contributed by atoms with Crippen molar-refractivity contribution in [3.05, 3.63) is 0 Å². The number of rotatable bonds is 2. The minimum Gasteiger partial charge on any atom is -0.311 e. The Bertz CT molecular complexity index is 204. The molecule has 5 atom stereocenters. The smallest absolute Gasteiger partial charge is 0.0123 e. The predicted octanol–water partition coefficient (Wildman–Crippen LogP) is 1.08. The molecular weight excluding hydrogens is 160 g/mol. The van der Waals surface area contributed by atoms with E-state index in [0.29, 0.717) is 0 Å². The summed E-state index contributed by atoms with van der Waals surface area (Å²) in [7, 11) is 0. The molecule has 0 aromatic rings. The average Bonchev–Trinajstić information content (AvgIpc) is 2.69. The van der Waals surface area contributed by atoms with Gasteiger partial charge in [0.2, 0.25) is 0 Å². The Morgan fingerprint density at radius 3 is 2.69 bits per heavy atom. The van der Waals surface area contributed by atoms with Gasteiger partial charge in [0.05, 0.1) is 0 Å². The molecule has 0 radical (unpaired) electrons. The number of piperidine rings is 1. The molecule has 0 aromatic heterocycles. The van der Waals surface area contributed by atoms with E-state index in [0.717, 1.165) is 23.9 Å². The molecule has 5 unspecified atom stereocenters.